The number of nitrogens with zero attached hydrogens (tertiary/aromatic N) is 1. The van der Waals surface area contributed by atoms with Gasteiger partial charge in [0.25, 0.3) is 0 Å². The second-order valence-electron chi connectivity index (χ2n) is 3.61. The van der Waals surface area contributed by atoms with Crippen LogP contribution in [0.3, 0.4) is 0 Å². The summed E-state index contributed by atoms with van der Waals surface area (Å²) in [7, 11) is 1.58. The number of hydrogen-bond donors (Lipinski definition) is 2. The lowest BCUT2D eigenvalue weighted by molar-refractivity contribution is 0.0691. The van der Waals surface area contributed by atoms with Gasteiger partial charge in [-0.2, -0.15) is 0 Å². The summed E-state index contributed by atoms with van der Waals surface area (Å²) in [4.78, 5) is 17.5. The third-order valence-corrected chi connectivity index (χ3v) is 2.48. The molecule has 0 spiro atoms. The number of aromatic nitrogens is 2. The van der Waals surface area contributed by atoms with Crippen LogP contribution in [0.25, 0.3) is 11.4 Å². The molecule has 17 heavy (non-hydrogen) atoms. The van der Waals surface area contributed by atoms with Gasteiger partial charge in [-0.05, 0) is 18.6 Å². The predicted octanol–water partition coefficient (Wildman–Crippen LogP) is 2.09. The van der Waals surface area contributed by atoms with Gasteiger partial charge in [0.05, 0.1) is 18.9 Å². The number of rotatable bonds is 3. The number of aromatic amines is 1. The molecule has 2 aromatic rings. The van der Waals surface area contributed by atoms with Crippen molar-refractivity contribution < 1.29 is 14.6 Å². The number of ether oxygens (including phenoxy) is 1. The minimum atomic E-state index is -1.03. The lowest BCUT2D eigenvalue weighted by Gasteiger charge is -2.08. The zero-order valence-corrected chi connectivity index (χ0v) is 9.52. The smallest absolute Gasteiger partial charge is 0.353 e. The summed E-state index contributed by atoms with van der Waals surface area (Å²) in [5, 5.41) is 8.82. The zero-order valence-electron chi connectivity index (χ0n) is 9.52. The van der Waals surface area contributed by atoms with Crippen molar-refractivity contribution in [3.05, 3.63) is 35.7 Å². The number of imidazole rings is 1. The van der Waals surface area contributed by atoms with Gasteiger partial charge in [0.2, 0.25) is 0 Å². The number of hydrogen-bond acceptors (Lipinski definition) is 3. The number of carbonyl (C=O) groups is 1. The van der Waals surface area contributed by atoms with Gasteiger partial charge in [-0.25, -0.2) is 9.78 Å². The molecule has 0 saturated heterocycles. The van der Waals surface area contributed by atoms with Crippen LogP contribution in [0.5, 0.6) is 5.75 Å². The number of methoxy groups -OCH3 is 1. The Morgan fingerprint density at radius 1 is 1.47 bits per heavy atom. The van der Waals surface area contributed by atoms with E-state index in [4.69, 9.17) is 9.84 Å². The molecule has 0 aliphatic heterocycles. The second kappa shape index (κ2) is 4.29. The molecule has 0 saturated carbocycles. The van der Waals surface area contributed by atoms with Crippen molar-refractivity contribution in [3.8, 4) is 17.1 Å². The molecule has 0 aliphatic rings. The summed E-state index contributed by atoms with van der Waals surface area (Å²) in [6.07, 6.45) is 1.29. The second-order valence-corrected chi connectivity index (χ2v) is 3.61. The predicted molar refractivity (Wildman–Crippen MR) is 62.3 cm³/mol. The van der Waals surface area contributed by atoms with Crippen LogP contribution in [0.4, 0.5) is 0 Å². The average molecular weight is 232 g/mol. The lowest BCUT2D eigenvalue weighted by atomic mass is 10.1. The number of benzene rings is 1. The molecule has 1 aromatic carbocycles. The average Bonchev–Trinajstić information content (AvgIpc) is 2.77. The maximum Gasteiger partial charge on any atom is 0.353 e. The van der Waals surface area contributed by atoms with Crippen LogP contribution in [0, 0.1) is 6.92 Å². The largest absolute Gasteiger partial charge is 0.496 e. The van der Waals surface area contributed by atoms with Crippen LogP contribution in [-0.4, -0.2) is 28.2 Å². The maximum absolute atomic E-state index is 10.8. The van der Waals surface area contributed by atoms with Gasteiger partial charge in [0.1, 0.15) is 17.3 Å². The standard InChI is InChI=1S/C12H12N2O3/c1-7-4-3-5-8(10(7)17-2)11-13-6-9(14-11)12(15)16/h3-6H,1-2H3,(H,13,14)(H,15,16). The van der Waals surface area contributed by atoms with Crippen molar-refractivity contribution in [2.45, 2.75) is 6.92 Å². The van der Waals surface area contributed by atoms with Gasteiger partial charge in [0, 0.05) is 0 Å². The fourth-order valence-corrected chi connectivity index (χ4v) is 1.68. The molecule has 0 unspecified atom stereocenters. The molecule has 5 nitrogen and oxygen atoms in total. The highest BCUT2D eigenvalue weighted by molar-refractivity contribution is 5.86. The van der Waals surface area contributed by atoms with Crippen LogP contribution < -0.4 is 4.74 Å². The van der Waals surface area contributed by atoms with E-state index in [0.29, 0.717) is 11.6 Å². The summed E-state index contributed by atoms with van der Waals surface area (Å²) in [6, 6.07) is 5.62. The van der Waals surface area contributed by atoms with Crippen LogP contribution in [0.1, 0.15) is 16.1 Å². The molecule has 2 N–H and O–H groups in total. The van der Waals surface area contributed by atoms with E-state index >= 15 is 0 Å². The van der Waals surface area contributed by atoms with E-state index in [0.717, 1.165) is 11.1 Å². The van der Waals surface area contributed by atoms with Crippen LogP contribution in [-0.2, 0) is 0 Å². The van der Waals surface area contributed by atoms with E-state index in [1.54, 1.807) is 7.11 Å². The Bertz CT molecular complexity index is 561. The minimum Gasteiger partial charge on any atom is -0.496 e. The molecular formula is C12H12N2O3. The van der Waals surface area contributed by atoms with E-state index in [1.165, 1.54) is 6.20 Å². The Labute approximate surface area is 98.1 Å². The fraction of sp³-hybridized carbons (Fsp3) is 0.167. The first-order valence-corrected chi connectivity index (χ1v) is 5.05. The van der Waals surface area contributed by atoms with Crippen LogP contribution >= 0.6 is 0 Å². The SMILES string of the molecule is COc1c(C)cccc1-c1ncc(C(=O)O)[nH]1. The van der Waals surface area contributed by atoms with Crippen molar-refractivity contribution >= 4 is 5.97 Å². The van der Waals surface area contributed by atoms with E-state index in [-0.39, 0.29) is 5.69 Å². The first-order valence-electron chi connectivity index (χ1n) is 5.05. The van der Waals surface area contributed by atoms with E-state index < -0.39 is 5.97 Å². The number of aromatic carboxylic acids is 1. The van der Waals surface area contributed by atoms with Crippen molar-refractivity contribution in [2.24, 2.45) is 0 Å². The first kappa shape index (κ1) is 11.2. The first-order chi connectivity index (χ1) is 8.13. The molecule has 0 aliphatic carbocycles. The van der Waals surface area contributed by atoms with E-state index in [1.807, 2.05) is 25.1 Å². The highest BCUT2D eigenvalue weighted by atomic mass is 16.5. The Morgan fingerprint density at radius 3 is 2.82 bits per heavy atom. The van der Waals surface area contributed by atoms with Gasteiger partial charge >= 0.3 is 5.97 Å². The molecule has 5 heteroatoms. The Hall–Kier alpha value is -2.30. The third kappa shape index (κ3) is 1.99. The summed E-state index contributed by atoms with van der Waals surface area (Å²) in [5.74, 6) is 0.150. The number of nitrogens with one attached hydrogen (secondary N) is 1. The lowest BCUT2D eigenvalue weighted by Crippen LogP contribution is -1.96. The van der Waals surface area contributed by atoms with Crippen LogP contribution in [0.15, 0.2) is 24.4 Å². The molecule has 1 heterocycles. The molecular weight excluding hydrogens is 220 g/mol. The molecule has 0 radical (unpaired) electrons. The van der Waals surface area contributed by atoms with E-state index in [2.05, 4.69) is 9.97 Å². The summed E-state index contributed by atoms with van der Waals surface area (Å²) in [6.45, 7) is 1.92. The summed E-state index contributed by atoms with van der Waals surface area (Å²) in [5.41, 5.74) is 1.78. The van der Waals surface area contributed by atoms with Gasteiger partial charge in [-0.15, -0.1) is 0 Å². The molecule has 2 rings (SSSR count). The van der Waals surface area contributed by atoms with Crippen LogP contribution in [0.2, 0.25) is 0 Å². The Morgan fingerprint density at radius 2 is 2.24 bits per heavy atom. The van der Waals surface area contributed by atoms with Gasteiger partial charge in [0.15, 0.2) is 0 Å². The van der Waals surface area contributed by atoms with Crippen molar-refractivity contribution in [3.63, 3.8) is 0 Å². The zero-order chi connectivity index (χ0) is 12.4. The number of carboxylic acids is 1. The monoisotopic (exact) mass is 232 g/mol. The number of H-pyrrole nitrogens is 1. The topological polar surface area (TPSA) is 75.2 Å². The molecule has 0 bridgehead atoms. The van der Waals surface area contributed by atoms with E-state index in [9.17, 15) is 4.79 Å². The summed E-state index contributed by atoms with van der Waals surface area (Å²) >= 11 is 0. The van der Waals surface area contributed by atoms with Crippen molar-refractivity contribution in [1.29, 1.82) is 0 Å². The Kier molecular flexibility index (Phi) is 2.82. The molecule has 0 amide bonds. The molecule has 88 valence electrons. The van der Waals surface area contributed by atoms with Crippen molar-refractivity contribution in [2.75, 3.05) is 7.11 Å². The van der Waals surface area contributed by atoms with Gasteiger partial charge < -0.3 is 14.8 Å². The minimum absolute atomic E-state index is 0.0589. The maximum atomic E-state index is 10.8. The molecule has 1 aromatic heterocycles. The van der Waals surface area contributed by atoms with Crippen molar-refractivity contribution in [1.82, 2.24) is 9.97 Å². The van der Waals surface area contributed by atoms with Gasteiger partial charge in [-0.1, -0.05) is 12.1 Å². The normalized spacial score (nSPS) is 10.2. The van der Waals surface area contributed by atoms with Gasteiger partial charge in [-0.3, -0.25) is 0 Å². The Balaban J connectivity index is 2.52. The third-order valence-electron chi connectivity index (χ3n) is 2.48. The number of carboxylic acid groups (broad SMARTS) is 1. The quantitative estimate of drug-likeness (QED) is 0.849. The molecule has 0 atom stereocenters. The highest BCUT2D eigenvalue weighted by Crippen LogP contribution is 2.30. The fourth-order valence-electron chi connectivity index (χ4n) is 1.68. The highest BCUT2D eigenvalue weighted by Gasteiger charge is 2.13. The molecule has 0 fully saturated rings. The number of para-hydroxylation sites is 1. The summed E-state index contributed by atoms with van der Waals surface area (Å²) < 4.78 is 5.29. The number of aryl methyl sites for hydroxylation is 1.